The van der Waals surface area contributed by atoms with Gasteiger partial charge in [-0.25, -0.2) is 4.79 Å². The van der Waals surface area contributed by atoms with Crippen LogP contribution >= 0.6 is 11.8 Å². The van der Waals surface area contributed by atoms with Crippen molar-refractivity contribution in [2.24, 2.45) is 11.7 Å². The van der Waals surface area contributed by atoms with E-state index >= 15 is 0 Å². The van der Waals surface area contributed by atoms with Crippen LogP contribution in [-0.2, 0) is 14.4 Å². The average Bonchev–Trinajstić information content (AvgIpc) is 2.53. The van der Waals surface area contributed by atoms with Crippen LogP contribution in [0.15, 0.2) is 0 Å². The molecule has 6 N–H and O–H groups in total. The van der Waals surface area contributed by atoms with E-state index in [0.717, 1.165) is 5.75 Å². The first-order valence-corrected chi connectivity index (χ1v) is 9.31. The molecule has 0 aromatic carbocycles. The van der Waals surface area contributed by atoms with Gasteiger partial charge in [0.1, 0.15) is 6.04 Å². The maximum Gasteiger partial charge on any atom is 0.328 e. The normalized spacial score (nSPS) is 17.2. The van der Waals surface area contributed by atoms with E-state index in [1.807, 2.05) is 13.2 Å². The minimum absolute atomic E-state index is 0.217. The molecule has 9 heteroatoms. The molecule has 8 nitrogen and oxygen atoms in total. The average molecular weight is 363 g/mol. The number of nitrogens with two attached hydrogens (primary N) is 1. The number of hydrogen-bond donors (Lipinski definition) is 5. The number of carbonyl (C=O) groups is 3. The van der Waals surface area contributed by atoms with Crippen LogP contribution in [0.4, 0.5) is 0 Å². The Bertz CT molecular complexity index is 433. The van der Waals surface area contributed by atoms with Gasteiger partial charge >= 0.3 is 5.97 Å². The highest BCUT2D eigenvalue weighted by molar-refractivity contribution is 7.98. The smallest absolute Gasteiger partial charge is 0.328 e. The molecular weight excluding hydrogens is 334 g/mol. The van der Waals surface area contributed by atoms with Gasteiger partial charge in [0.05, 0.1) is 12.1 Å². The molecule has 0 aromatic heterocycles. The van der Waals surface area contributed by atoms with Crippen LogP contribution in [0.3, 0.4) is 0 Å². The lowest BCUT2D eigenvalue weighted by atomic mass is 9.97. The monoisotopic (exact) mass is 363 g/mol. The number of carbonyl (C=O) groups excluding carboxylic acids is 2. The summed E-state index contributed by atoms with van der Waals surface area (Å²) in [6.07, 6.45) is 1.73. The van der Waals surface area contributed by atoms with E-state index in [-0.39, 0.29) is 5.92 Å². The van der Waals surface area contributed by atoms with E-state index < -0.39 is 42.0 Å². The summed E-state index contributed by atoms with van der Waals surface area (Å²) in [6, 6.07) is -3.08. The number of aliphatic carboxylic acids is 1. The minimum Gasteiger partial charge on any atom is -0.480 e. The lowest BCUT2D eigenvalue weighted by Crippen LogP contribution is -2.58. The minimum atomic E-state index is -1.44. The maximum absolute atomic E-state index is 12.4. The predicted octanol–water partition coefficient (Wildman–Crippen LogP) is -0.452. The van der Waals surface area contributed by atoms with E-state index in [2.05, 4.69) is 10.6 Å². The number of thioether (sulfide) groups is 1. The zero-order valence-electron chi connectivity index (χ0n) is 14.6. The first-order chi connectivity index (χ1) is 11.1. The van der Waals surface area contributed by atoms with Gasteiger partial charge in [-0.15, -0.1) is 0 Å². The molecule has 0 saturated carbocycles. The number of aliphatic hydroxyl groups excluding tert-OH is 1. The fourth-order valence-corrected chi connectivity index (χ4v) is 2.46. The van der Waals surface area contributed by atoms with Crippen molar-refractivity contribution in [2.45, 2.75) is 57.8 Å². The van der Waals surface area contributed by atoms with Gasteiger partial charge in [0.15, 0.2) is 6.04 Å². The number of aliphatic hydroxyl groups is 1. The van der Waals surface area contributed by atoms with Gasteiger partial charge in [0.25, 0.3) is 0 Å². The van der Waals surface area contributed by atoms with E-state index in [9.17, 15) is 19.5 Å². The van der Waals surface area contributed by atoms with Crippen molar-refractivity contribution < 1.29 is 24.6 Å². The Morgan fingerprint density at radius 1 is 1.12 bits per heavy atom. The standard InChI is InChI=1S/C15H29N3O5S/c1-5-8(2)11(17-13(20)10(16)6-7-24-4)14(21)18-12(9(3)19)15(22)23/h8-12,19H,5-7,16H2,1-4H3,(H,17,20)(H,18,21)(H,22,23)/t8-,9+,10-,11-,12-/m0/s1. The van der Waals surface area contributed by atoms with E-state index in [1.54, 1.807) is 18.7 Å². The molecule has 0 radical (unpaired) electrons. The van der Waals surface area contributed by atoms with E-state index in [0.29, 0.717) is 12.8 Å². The number of carboxylic acids is 1. The third-order valence-electron chi connectivity index (χ3n) is 3.81. The molecule has 2 amide bonds. The van der Waals surface area contributed by atoms with Crippen molar-refractivity contribution in [3.63, 3.8) is 0 Å². The SMILES string of the molecule is CC[C@H](C)[C@H](NC(=O)[C@@H](N)CCSC)C(=O)N[C@H](C(=O)O)[C@@H](C)O. The molecule has 0 aliphatic carbocycles. The predicted molar refractivity (Wildman–Crippen MR) is 93.6 cm³/mol. The highest BCUT2D eigenvalue weighted by Gasteiger charge is 2.32. The third kappa shape index (κ3) is 7.50. The Morgan fingerprint density at radius 3 is 2.08 bits per heavy atom. The summed E-state index contributed by atoms with van der Waals surface area (Å²) < 4.78 is 0. The molecule has 24 heavy (non-hydrogen) atoms. The molecule has 0 fully saturated rings. The lowest BCUT2D eigenvalue weighted by Gasteiger charge is -2.27. The van der Waals surface area contributed by atoms with Crippen LogP contribution in [0.25, 0.3) is 0 Å². The van der Waals surface area contributed by atoms with Gasteiger partial charge in [-0.2, -0.15) is 11.8 Å². The van der Waals surface area contributed by atoms with Gasteiger partial charge in [0, 0.05) is 0 Å². The molecule has 0 bridgehead atoms. The van der Waals surface area contributed by atoms with Crippen molar-refractivity contribution in [3.8, 4) is 0 Å². The highest BCUT2D eigenvalue weighted by Crippen LogP contribution is 2.10. The van der Waals surface area contributed by atoms with Crippen molar-refractivity contribution in [1.29, 1.82) is 0 Å². The van der Waals surface area contributed by atoms with Gasteiger partial charge in [0.2, 0.25) is 11.8 Å². The van der Waals surface area contributed by atoms with Crippen LogP contribution in [0.5, 0.6) is 0 Å². The van der Waals surface area contributed by atoms with Gasteiger partial charge in [-0.3, -0.25) is 9.59 Å². The molecule has 0 aliphatic rings. The van der Waals surface area contributed by atoms with Crippen molar-refractivity contribution >= 4 is 29.5 Å². The largest absolute Gasteiger partial charge is 0.480 e. The fraction of sp³-hybridized carbons (Fsp3) is 0.800. The summed E-state index contributed by atoms with van der Waals surface area (Å²) in [5, 5.41) is 23.4. The Balaban J connectivity index is 5.02. The van der Waals surface area contributed by atoms with Crippen LogP contribution in [0.2, 0.25) is 0 Å². The molecule has 0 rings (SSSR count). The summed E-state index contributed by atoms with van der Waals surface area (Å²) in [6.45, 7) is 4.90. The third-order valence-corrected chi connectivity index (χ3v) is 4.45. The van der Waals surface area contributed by atoms with E-state index in [4.69, 9.17) is 10.8 Å². The van der Waals surface area contributed by atoms with Gasteiger partial charge in [-0.1, -0.05) is 20.3 Å². The molecule has 5 atom stereocenters. The van der Waals surface area contributed by atoms with Crippen LogP contribution < -0.4 is 16.4 Å². The van der Waals surface area contributed by atoms with Crippen molar-refractivity contribution in [3.05, 3.63) is 0 Å². The second-order valence-electron chi connectivity index (χ2n) is 5.82. The summed E-state index contributed by atoms with van der Waals surface area (Å²) in [5.41, 5.74) is 5.80. The summed E-state index contributed by atoms with van der Waals surface area (Å²) in [4.78, 5) is 35.6. The number of rotatable bonds is 11. The van der Waals surface area contributed by atoms with Gasteiger partial charge in [-0.05, 0) is 31.3 Å². The molecule has 0 aromatic rings. The van der Waals surface area contributed by atoms with Crippen LogP contribution in [0.1, 0.15) is 33.6 Å². The Hall–Kier alpha value is -1.32. The molecular formula is C15H29N3O5S. The van der Waals surface area contributed by atoms with Crippen molar-refractivity contribution in [2.75, 3.05) is 12.0 Å². The quantitative estimate of drug-likeness (QED) is 0.334. The molecule has 0 spiro atoms. The Kier molecular flexibility index (Phi) is 10.7. The number of amides is 2. The summed E-state index contributed by atoms with van der Waals surface area (Å²) in [5.74, 6) is -1.94. The first-order valence-electron chi connectivity index (χ1n) is 7.91. The molecule has 0 unspecified atom stereocenters. The maximum atomic E-state index is 12.4. The Morgan fingerprint density at radius 2 is 1.67 bits per heavy atom. The second kappa shape index (κ2) is 11.3. The fourth-order valence-electron chi connectivity index (χ4n) is 1.97. The highest BCUT2D eigenvalue weighted by atomic mass is 32.2. The lowest BCUT2D eigenvalue weighted by molar-refractivity contribution is -0.145. The zero-order valence-corrected chi connectivity index (χ0v) is 15.4. The summed E-state index contributed by atoms with van der Waals surface area (Å²) >= 11 is 1.57. The first kappa shape index (κ1) is 22.7. The molecule has 0 aliphatic heterocycles. The Labute approximate surface area is 146 Å². The molecule has 0 heterocycles. The van der Waals surface area contributed by atoms with Crippen LogP contribution in [0, 0.1) is 5.92 Å². The van der Waals surface area contributed by atoms with E-state index in [1.165, 1.54) is 6.92 Å². The number of carboxylic acid groups (broad SMARTS) is 1. The van der Waals surface area contributed by atoms with Crippen LogP contribution in [-0.4, -0.2) is 64.2 Å². The summed E-state index contributed by atoms with van der Waals surface area (Å²) in [7, 11) is 0. The number of nitrogens with one attached hydrogen (secondary N) is 2. The molecule has 140 valence electrons. The second-order valence-corrected chi connectivity index (χ2v) is 6.81. The topological polar surface area (TPSA) is 142 Å². The number of hydrogen-bond acceptors (Lipinski definition) is 6. The molecule has 0 saturated heterocycles. The van der Waals surface area contributed by atoms with Gasteiger partial charge < -0.3 is 26.6 Å². The zero-order chi connectivity index (χ0) is 18.9. The van der Waals surface area contributed by atoms with Crippen molar-refractivity contribution in [1.82, 2.24) is 10.6 Å².